The first-order valence-electron chi connectivity index (χ1n) is 6.86. The second kappa shape index (κ2) is 3.69. The molecule has 92 valence electrons. The van der Waals surface area contributed by atoms with Crippen LogP contribution in [0.25, 0.3) is 0 Å². The van der Waals surface area contributed by atoms with Gasteiger partial charge in [0.1, 0.15) is 0 Å². The van der Waals surface area contributed by atoms with Crippen LogP contribution in [0.4, 0.5) is 0 Å². The maximum atomic E-state index is 11.1. The van der Waals surface area contributed by atoms with Gasteiger partial charge in [0.15, 0.2) is 0 Å². The van der Waals surface area contributed by atoms with Crippen LogP contribution >= 0.6 is 0 Å². The van der Waals surface area contributed by atoms with Gasteiger partial charge in [-0.1, -0.05) is 12.8 Å². The van der Waals surface area contributed by atoms with E-state index >= 15 is 0 Å². The molecule has 3 nitrogen and oxygen atoms in total. The highest BCUT2D eigenvalue weighted by atomic mass is 16.3. The summed E-state index contributed by atoms with van der Waals surface area (Å²) in [5, 5.41) is 14.7. The van der Waals surface area contributed by atoms with Crippen LogP contribution in [0, 0.1) is 5.41 Å². The Morgan fingerprint density at radius 2 is 1.69 bits per heavy atom. The Morgan fingerprint density at radius 3 is 2.19 bits per heavy atom. The average Bonchev–Trinajstić information content (AvgIpc) is 2.86. The largest absolute Gasteiger partial charge is 0.389 e. The van der Waals surface area contributed by atoms with E-state index in [9.17, 15) is 5.11 Å². The van der Waals surface area contributed by atoms with E-state index in [1.54, 1.807) is 0 Å². The van der Waals surface area contributed by atoms with E-state index in [1.807, 2.05) is 0 Å². The fourth-order valence-corrected chi connectivity index (χ4v) is 4.47. The Labute approximate surface area is 97.8 Å². The van der Waals surface area contributed by atoms with Crippen LogP contribution in [-0.2, 0) is 0 Å². The first-order valence-corrected chi connectivity index (χ1v) is 6.86. The molecule has 3 aliphatic rings. The number of fused-ring (bicyclic) bond motifs is 2. The van der Waals surface area contributed by atoms with Crippen molar-refractivity contribution in [3.63, 3.8) is 0 Å². The molecule has 1 aliphatic carbocycles. The second-order valence-corrected chi connectivity index (χ2v) is 6.27. The Bertz CT molecular complexity index is 261. The zero-order valence-electron chi connectivity index (χ0n) is 10.0. The molecule has 2 atom stereocenters. The summed E-state index contributed by atoms with van der Waals surface area (Å²) >= 11 is 0. The Kier molecular flexibility index (Phi) is 2.54. The van der Waals surface area contributed by atoms with Crippen molar-refractivity contribution in [1.29, 1.82) is 0 Å². The lowest BCUT2D eigenvalue weighted by Crippen LogP contribution is -2.59. The van der Waals surface area contributed by atoms with Crippen molar-refractivity contribution in [2.24, 2.45) is 11.1 Å². The van der Waals surface area contributed by atoms with Gasteiger partial charge in [0.2, 0.25) is 0 Å². The second-order valence-electron chi connectivity index (χ2n) is 6.27. The summed E-state index contributed by atoms with van der Waals surface area (Å²) in [6.07, 6.45) is 9.13. The fraction of sp³-hybridized carbons (Fsp3) is 1.00. The summed E-state index contributed by atoms with van der Waals surface area (Å²) in [6, 6.07) is 1.10. The smallest absolute Gasteiger partial charge is 0.0745 e. The third kappa shape index (κ3) is 1.45. The van der Waals surface area contributed by atoms with Crippen LogP contribution in [-0.4, -0.2) is 29.3 Å². The van der Waals surface area contributed by atoms with Gasteiger partial charge in [-0.15, -0.1) is 0 Å². The van der Waals surface area contributed by atoms with Gasteiger partial charge in [-0.2, -0.15) is 0 Å². The first-order chi connectivity index (χ1) is 7.67. The molecule has 0 amide bonds. The number of hydrogen-bond donors (Lipinski definition) is 3. The summed E-state index contributed by atoms with van der Waals surface area (Å²) in [6.45, 7) is 0.670. The molecule has 0 aromatic heterocycles. The van der Waals surface area contributed by atoms with Gasteiger partial charge in [-0.25, -0.2) is 0 Å². The maximum Gasteiger partial charge on any atom is 0.0745 e. The predicted molar refractivity (Wildman–Crippen MR) is 64.1 cm³/mol. The topological polar surface area (TPSA) is 58.3 Å². The molecule has 2 unspecified atom stereocenters. The van der Waals surface area contributed by atoms with Gasteiger partial charge >= 0.3 is 0 Å². The number of rotatable bonds is 2. The molecule has 0 spiro atoms. The predicted octanol–water partition coefficient (Wildman–Crippen LogP) is 1.15. The van der Waals surface area contributed by atoms with Crippen LogP contribution in [0.3, 0.4) is 0 Å². The van der Waals surface area contributed by atoms with Crippen LogP contribution in [0.15, 0.2) is 0 Å². The SMILES string of the molecule is NCC1(C2(O)CC3CCC(C2)N3)CCCC1. The van der Waals surface area contributed by atoms with Gasteiger partial charge in [0, 0.05) is 24.0 Å². The molecule has 16 heavy (non-hydrogen) atoms. The molecule has 4 N–H and O–H groups in total. The maximum absolute atomic E-state index is 11.1. The molecular formula is C13H24N2O. The molecule has 1 saturated carbocycles. The van der Waals surface area contributed by atoms with Crippen molar-refractivity contribution in [3.8, 4) is 0 Å². The molecule has 3 fully saturated rings. The number of aliphatic hydroxyl groups is 1. The van der Waals surface area contributed by atoms with E-state index in [4.69, 9.17) is 5.73 Å². The van der Waals surface area contributed by atoms with Gasteiger partial charge in [-0.05, 0) is 38.5 Å². The first kappa shape index (κ1) is 11.0. The monoisotopic (exact) mass is 224 g/mol. The Hall–Kier alpha value is -0.120. The third-order valence-electron chi connectivity index (χ3n) is 5.44. The van der Waals surface area contributed by atoms with E-state index in [2.05, 4.69) is 5.32 Å². The lowest BCUT2D eigenvalue weighted by molar-refractivity contribution is -0.109. The van der Waals surface area contributed by atoms with Gasteiger partial charge in [-0.3, -0.25) is 0 Å². The molecule has 0 radical (unpaired) electrons. The minimum atomic E-state index is -0.477. The summed E-state index contributed by atoms with van der Waals surface area (Å²) in [7, 11) is 0. The van der Waals surface area contributed by atoms with Crippen molar-refractivity contribution in [2.75, 3.05) is 6.54 Å². The van der Waals surface area contributed by atoms with E-state index in [0.29, 0.717) is 18.6 Å². The third-order valence-corrected chi connectivity index (χ3v) is 5.44. The average molecular weight is 224 g/mol. The lowest BCUT2D eigenvalue weighted by atomic mass is 9.64. The van der Waals surface area contributed by atoms with Crippen LogP contribution in [0.1, 0.15) is 51.4 Å². The summed E-state index contributed by atoms with van der Waals surface area (Å²) < 4.78 is 0. The minimum Gasteiger partial charge on any atom is -0.389 e. The highest BCUT2D eigenvalue weighted by Crippen LogP contribution is 2.52. The van der Waals surface area contributed by atoms with Crippen molar-refractivity contribution in [3.05, 3.63) is 0 Å². The van der Waals surface area contributed by atoms with E-state index in [-0.39, 0.29) is 5.41 Å². The molecule has 2 aliphatic heterocycles. The quantitative estimate of drug-likeness (QED) is 0.659. The van der Waals surface area contributed by atoms with Gasteiger partial charge in [0.05, 0.1) is 5.60 Å². The molecule has 0 aromatic carbocycles. The number of nitrogens with two attached hydrogens (primary N) is 1. The standard InChI is InChI=1S/C13H24N2O/c14-9-12(5-1-2-6-12)13(16)7-10-3-4-11(8-13)15-10/h10-11,15-16H,1-9,14H2. The van der Waals surface area contributed by atoms with Crippen LogP contribution in [0.2, 0.25) is 0 Å². The molecule has 2 heterocycles. The van der Waals surface area contributed by atoms with Crippen molar-refractivity contribution in [2.45, 2.75) is 69.1 Å². The summed E-state index contributed by atoms with van der Waals surface area (Å²) in [5.74, 6) is 0. The molecule has 2 saturated heterocycles. The summed E-state index contributed by atoms with van der Waals surface area (Å²) in [5.41, 5.74) is 5.58. The Morgan fingerprint density at radius 1 is 1.12 bits per heavy atom. The number of hydrogen-bond acceptors (Lipinski definition) is 3. The van der Waals surface area contributed by atoms with Crippen LogP contribution in [0.5, 0.6) is 0 Å². The van der Waals surface area contributed by atoms with E-state index in [0.717, 1.165) is 25.7 Å². The van der Waals surface area contributed by atoms with Crippen molar-refractivity contribution < 1.29 is 5.11 Å². The zero-order valence-corrected chi connectivity index (χ0v) is 10.0. The molecule has 3 rings (SSSR count). The highest BCUT2D eigenvalue weighted by molar-refractivity contribution is 5.10. The van der Waals surface area contributed by atoms with Crippen LogP contribution < -0.4 is 11.1 Å². The highest BCUT2D eigenvalue weighted by Gasteiger charge is 2.55. The molecule has 2 bridgehead atoms. The lowest BCUT2D eigenvalue weighted by Gasteiger charge is -2.49. The van der Waals surface area contributed by atoms with Crippen molar-refractivity contribution in [1.82, 2.24) is 5.32 Å². The number of piperidine rings is 1. The molecular weight excluding hydrogens is 200 g/mol. The zero-order chi connectivity index (χ0) is 11.2. The van der Waals surface area contributed by atoms with Gasteiger partial charge in [0.25, 0.3) is 0 Å². The van der Waals surface area contributed by atoms with Crippen molar-refractivity contribution >= 4 is 0 Å². The molecule has 0 aromatic rings. The minimum absolute atomic E-state index is 0.0376. The van der Waals surface area contributed by atoms with E-state index in [1.165, 1.54) is 25.7 Å². The number of nitrogens with one attached hydrogen (secondary N) is 1. The molecule has 3 heteroatoms. The summed E-state index contributed by atoms with van der Waals surface area (Å²) in [4.78, 5) is 0. The fourth-order valence-electron chi connectivity index (χ4n) is 4.47. The van der Waals surface area contributed by atoms with E-state index < -0.39 is 5.60 Å². The Balaban J connectivity index is 1.86. The normalized spacial score (nSPS) is 46.1. The van der Waals surface area contributed by atoms with Gasteiger partial charge < -0.3 is 16.2 Å².